The van der Waals surface area contributed by atoms with Gasteiger partial charge in [-0.1, -0.05) is 33.2 Å². The van der Waals surface area contributed by atoms with Crippen LogP contribution >= 0.6 is 27.7 Å². The Labute approximate surface area is 130 Å². The van der Waals surface area contributed by atoms with Crippen molar-refractivity contribution < 1.29 is 4.52 Å². The van der Waals surface area contributed by atoms with Gasteiger partial charge in [-0.3, -0.25) is 0 Å². The van der Waals surface area contributed by atoms with Crippen molar-refractivity contribution in [2.45, 2.75) is 18.9 Å². The van der Waals surface area contributed by atoms with Gasteiger partial charge in [-0.2, -0.15) is 16.7 Å². The number of rotatable bonds is 4. The van der Waals surface area contributed by atoms with E-state index in [1.54, 1.807) is 0 Å². The summed E-state index contributed by atoms with van der Waals surface area (Å²) in [6.45, 7) is 1.06. The predicted molar refractivity (Wildman–Crippen MR) is 84.1 cm³/mol. The van der Waals surface area contributed by atoms with Crippen LogP contribution in [0.3, 0.4) is 0 Å². The normalized spacial score (nSPS) is 19.1. The summed E-state index contributed by atoms with van der Waals surface area (Å²) in [6.07, 6.45) is 1.52. The molecule has 6 heteroatoms. The summed E-state index contributed by atoms with van der Waals surface area (Å²) in [5.74, 6) is 3.79. The van der Waals surface area contributed by atoms with Gasteiger partial charge in [-0.25, -0.2) is 0 Å². The van der Waals surface area contributed by atoms with E-state index in [0.29, 0.717) is 12.5 Å². The first-order valence-corrected chi connectivity index (χ1v) is 8.61. The Morgan fingerprint density at radius 3 is 3.20 bits per heavy atom. The van der Waals surface area contributed by atoms with Gasteiger partial charge in [0, 0.05) is 41.4 Å². The topological polar surface area (TPSA) is 51.0 Å². The molecule has 1 aromatic heterocycles. The number of aromatic nitrogens is 2. The molecule has 1 unspecified atom stereocenters. The zero-order valence-electron chi connectivity index (χ0n) is 11.0. The van der Waals surface area contributed by atoms with Crippen LogP contribution in [0.4, 0.5) is 0 Å². The summed E-state index contributed by atoms with van der Waals surface area (Å²) in [5.41, 5.74) is 1.18. The quantitative estimate of drug-likeness (QED) is 0.915. The largest absolute Gasteiger partial charge is 0.339 e. The van der Waals surface area contributed by atoms with Crippen LogP contribution in [0.5, 0.6) is 0 Å². The Morgan fingerprint density at radius 1 is 1.45 bits per heavy atom. The minimum absolute atomic E-state index is 0.452. The van der Waals surface area contributed by atoms with Crippen LogP contribution in [0.25, 0.3) is 0 Å². The highest BCUT2D eigenvalue weighted by Gasteiger charge is 2.17. The van der Waals surface area contributed by atoms with E-state index in [9.17, 15) is 0 Å². The summed E-state index contributed by atoms with van der Waals surface area (Å²) < 4.78 is 6.42. The lowest BCUT2D eigenvalue weighted by atomic mass is 10.1. The fourth-order valence-electron chi connectivity index (χ4n) is 2.24. The Kier molecular flexibility index (Phi) is 4.75. The van der Waals surface area contributed by atoms with E-state index in [-0.39, 0.29) is 0 Å². The fraction of sp³-hybridized carbons (Fsp3) is 0.429. The van der Waals surface area contributed by atoms with Gasteiger partial charge in [0.25, 0.3) is 0 Å². The summed E-state index contributed by atoms with van der Waals surface area (Å²) >= 11 is 5.45. The molecule has 0 aliphatic carbocycles. The molecule has 0 saturated carbocycles. The number of nitrogens with one attached hydrogen (secondary N) is 1. The molecule has 0 radical (unpaired) electrons. The van der Waals surface area contributed by atoms with Gasteiger partial charge in [-0.05, 0) is 17.7 Å². The molecule has 0 amide bonds. The van der Waals surface area contributed by atoms with Gasteiger partial charge in [0.2, 0.25) is 5.89 Å². The average molecular weight is 354 g/mol. The van der Waals surface area contributed by atoms with Gasteiger partial charge >= 0.3 is 0 Å². The molecule has 2 heterocycles. The summed E-state index contributed by atoms with van der Waals surface area (Å²) in [5, 5.41) is 7.55. The third-order valence-corrected chi connectivity index (χ3v) is 4.81. The van der Waals surface area contributed by atoms with Crippen molar-refractivity contribution >= 4 is 27.7 Å². The van der Waals surface area contributed by atoms with Crippen molar-refractivity contribution in [3.05, 3.63) is 46.0 Å². The minimum Gasteiger partial charge on any atom is -0.339 e. The van der Waals surface area contributed by atoms with E-state index in [4.69, 9.17) is 4.52 Å². The summed E-state index contributed by atoms with van der Waals surface area (Å²) in [6, 6.07) is 8.63. The van der Waals surface area contributed by atoms with Crippen LogP contribution in [0, 0.1) is 0 Å². The van der Waals surface area contributed by atoms with E-state index >= 15 is 0 Å². The zero-order chi connectivity index (χ0) is 13.8. The Hall–Kier alpha value is -0.850. The first-order chi connectivity index (χ1) is 9.79. The number of nitrogens with zero attached hydrogens (tertiary/aromatic N) is 2. The second-order valence-corrected chi connectivity index (χ2v) is 6.91. The Balaban J connectivity index is 1.61. The lowest BCUT2D eigenvalue weighted by molar-refractivity contribution is 0.359. The van der Waals surface area contributed by atoms with E-state index < -0.39 is 0 Å². The van der Waals surface area contributed by atoms with Crippen molar-refractivity contribution in [1.82, 2.24) is 15.5 Å². The number of halogens is 1. The van der Waals surface area contributed by atoms with Crippen molar-refractivity contribution in [3.63, 3.8) is 0 Å². The van der Waals surface area contributed by atoms with Crippen molar-refractivity contribution in [2.24, 2.45) is 0 Å². The molecule has 1 aromatic carbocycles. The molecule has 0 spiro atoms. The maximum atomic E-state index is 5.35. The van der Waals surface area contributed by atoms with Crippen molar-refractivity contribution in [1.29, 1.82) is 0 Å². The Morgan fingerprint density at radius 2 is 2.40 bits per heavy atom. The first kappa shape index (κ1) is 14.1. The predicted octanol–water partition coefficient (Wildman–Crippen LogP) is 2.67. The van der Waals surface area contributed by atoms with Crippen LogP contribution in [-0.2, 0) is 12.8 Å². The standard InChI is InChI=1S/C14H16BrN3OS/c15-11-3-1-2-10(6-11)7-13-17-14(19-18-13)8-12-9-20-5-4-16-12/h1-3,6,12,16H,4-5,7-9H2. The number of benzene rings is 1. The lowest BCUT2D eigenvalue weighted by Crippen LogP contribution is -2.38. The van der Waals surface area contributed by atoms with Crippen LogP contribution in [0.2, 0.25) is 0 Å². The maximum Gasteiger partial charge on any atom is 0.228 e. The lowest BCUT2D eigenvalue weighted by Gasteiger charge is -2.21. The van der Waals surface area contributed by atoms with Gasteiger partial charge in [0.05, 0.1) is 0 Å². The van der Waals surface area contributed by atoms with Gasteiger partial charge < -0.3 is 9.84 Å². The Bertz CT molecular complexity index is 569. The molecular weight excluding hydrogens is 338 g/mol. The first-order valence-electron chi connectivity index (χ1n) is 6.66. The van der Waals surface area contributed by atoms with Crippen LogP contribution < -0.4 is 5.32 Å². The number of hydrogen-bond acceptors (Lipinski definition) is 5. The molecule has 3 rings (SSSR count). The molecule has 2 aromatic rings. The van der Waals surface area contributed by atoms with Crippen LogP contribution in [-0.4, -0.2) is 34.2 Å². The van der Waals surface area contributed by atoms with Crippen LogP contribution in [0.1, 0.15) is 17.3 Å². The third-order valence-electron chi connectivity index (χ3n) is 3.18. The van der Waals surface area contributed by atoms with Crippen molar-refractivity contribution in [3.8, 4) is 0 Å². The van der Waals surface area contributed by atoms with Gasteiger partial charge in [0.15, 0.2) is 5.82 Å². The molecular formula is C14H16BrN3OS. The fourth-order valence-corrected chi connectivity index (χ4v) is 3.63. The van der Waals surface area contributed by atoms with Crippen LogP contribution in [0.15, 0.2) is 33.3 Å². The molecule has 1 aliphatic rings. The second-order valence-electron chi connectivity index (χ2n) is 4.84. The molecule has 1 atom stereocenters. The zero-order valence-corrected chi connectivity index (χ0v) is 13.4. The van der Waals surface area contributed by atoms with E-state index in [1.165, 1.54) is 11.3 Å². The van der Waals surface area contributed by atoms with Gasteiger partial charge in [0.1, 0.15) is 0 Å². The average Bonchev–Trinajstić information content (AvgIpc) is 2.87. The third kappa shape index (κ3) is 3.84. The van der Waals surface area contributed by atoms with E-state index in [2.05, 4.69) is 43.5 Å². The number of hydrogen-bond donors (Lipinski definition) is 1. The molecule has 106 valence electrons. The molecule has 1 saturated heterocycles. The smallest absolute Gasteiger partial charge is 0.228 e. The highest BCUT2D eigenvalue weighted by molar-refractivity contribution is 9.10. The molecule has 1 fully saturated rings. The SMILES string of the molecule is Brc1cccc(Cc2noc(CC3CSCCN3)n2)c1. The molecule has 1 N–H and O–H groups in total. The van der Waals surface area contributed by atoms with Gasteiger partial charge in [-0.15, -0.1) is 0 Å². The summed E-state index contributed by atoms with van der Waals surface area (Å²) in [7, 11) is 0. The minimum atomic E-state index is 0.452. The summed E-state index contributed by atoms with van der Waals surface area (Å²) in [4.78, 5) is 4.49. The molecule has 1 aliphatic heterocycles. The molecule has 4 nitrogen and oxygen atoms in total. The molecule has 0 bridgehead atoms. The van der Waals surface area contributed by atoms with Crippen molar-refractivity contribution in [2.75, 3.05) is 18.1 Å². The van der Waals surface area contributed by atoms with E-state index in [0.717, 1.165) is 34.9 Å². The highest BCUT2D eigenvalue weighted by atomic mass is 79.9. The second kappa shape index (κ2) is 6.74. The van der Waals surface area contributed by atoms with E-state index in [1.807, 2.05) is 23.9 Å². The number of thioether (sulfide) groups is 1. The highest BCUT2D eigenvalue weighted by Crippen LogP contribution is 2.15. The maximum absolute atomic E-state index is 5.35. The monoisotopic (exact) mass is 353 g/mol. The molecule has 20 heavy (non-hydrogen) atoms.